The van der Waals surface area contributed by atoms with Crippen molar-refractivity contribution in [1.29, 1.82) is 0 Å². The molecule has 37 heavy (non-hydrogen) atoms. The van der Waals surface area contributed by atoms with Crippen LogP contribution in [-0.2, 0) is 11.2 Å². The highest BCUT2D eigenvalue weighted by atomic mass is 32.2. The lowest BCUT2D eigenvalue weighted by atomic mass is 10.2. The number of thioether (sulfide) groups is 1. The van der Waals surface area contributed by atoms with Crippen LogP contribution in [0.15, 0.2) is 59.6 Å². The van der Waals surface area contributed by atoms with E-state index in [2.05, 4.69) is 56.2 Å². The van der Waals surface area contributed by atoms with Crippen LogP contribution in [0.5, 0.6) is 0 Å². The molecule has 2 aliphatic rings. The second-order valence-corrected chi connectivity index (χ2v) is 10.1. The molecule has 2 aliphatic heterocycles. The Morgan fingerprint density at radius 2 is 1.78 bits per heavy atom. The van der Waals surface area contributed by atoms with E-state index in [0.29, 0.717) is 16.5 Å². The first-order chi connectivity index (χ1) is 17.9. The standard InChI is InChI=1S/C27H29N7O2S/c1-19-6-8-22(9-7-19)33-13-15-34(16-14-33)26-29-21(17-23-25(35)31-27(36)37-23)18-24(30-26)32(2)12-10-20-5-3-4-11-28-20/h3-9,11,17-18H,10,12-16H2,1-2H3,(H,31,35,36). The molecule has 2 saturated heterocycles. The third kappa shape index (κ3) is 6.08. The number of carbonyl (C=O) groups excluding carboxylic acids is 2. The summed E-state index contributed by atoms with van der Waals surface area (Å²) in [5.74, 6) is 0.975. The van der Waals surface area contributed by atoms with Gasteiger partial charge in [0.2, 0.25) is 5.95 Å². The summed E-state index contributed by atoms with van der Waals surface area (Å²) < 4.78 is 0. The second kappa shape index (κ2) is 11.0. The van der Waals surface area contributed by atoms with Gasteiger partial charge in [-0.1, -0.05) is 23.8 Å². The fourth-order valence-corrected chi connectivity index (χ4v) is 4.94. The quantitative estimate of drug-likeness (QED) is 0.474. The molecule has 1 aromatic carbocycles. The molecule has 0 aliphatic carbocycles. The van der Waals surface area contributed by atoms with Crippen LogP contribution >= 0.6 is 11.8 Å². The average molecular weight is 516 g/mol. The number of nitrogens with one attached hydrogen (secondary N) is 1. The molecule has 190 valence electrons. The maximum Gasteiger partial charge on any atom is 0.290 e. The molecule has 2 aromatic heterocycles. The molecule has 0 unspecified atom stereocenters. The number of anilines is 3. The number of hydrogen-bond donors (Lipinski definition) is 1. The normalized spacial score (nSPS) is 16.9. The van der Waals surface area contributed by atoms with Crippen molar-refractivity contribution in [3.8, 4) is 0 Å². The number of nitrogens with zero attached hydrogens (tertiary/aromatic N) is 6. The van der Waals surface area contributed by atoms with Gasteiger partial charge in [0.05, 0.1) is 10.6 Å². The minimum absolute atomic E-state index is 0.334. The molecule has 0 atom stereocenters. The van der Waals surface area contributed by atoms with Gasteiger partial charge >= 0.3 is 0 Å². The largest absolute Gasteiger partial charge is 0.368 e. The molecule has 0 saturated carbocycles. The van der Waals surface area contributed by atoms with E-state index in [0.717, 1.165) is 62.4 Å². The molecular weight excluding hydrogens is 486 g/mol. The lowest BCUT2D eigenvalue weighted by Crippen LogP contribution is -2.47. The van der Waals surface area contributed by atoms with Gasteiger partial charge in [-0.25, -0.2) is 4.98 Å². The van der Waals surface area contributed by atoms with Crippen molar-refractivity contribution in [3.63, 3.8) is 0 Å². The SMILES string of the molecule is Cc1ccc(N2CCN(c3nc(C=C4SC(=O)NC4=O)cc(N(C)CCc4ccccn4)n3)CC2)cc1. The summed E-state index contributed by atoms with van der Waals surface area (Å²) in [7, 11) is 1.99. The number of amides is 2. The van der Waals surface area contributed by atoms with E-state index in [1.807, 2.05) is 31.3 Å². The maximum absolute atomic E-state index is 12.1. The number of hydrogen-bond acceptors (Lipinski definition) is 9. The summed E-state index contributed by atoms with van der Waals surface area (Å²) >= 11 is 0.890. The number of likely N-dealkylation sites (N-methyl/N-ethyl adjacent to an activating group) is 1. The first kappa shape index (κ1) is 24.8. The van der Waals surface area contributed by atoms with Crippen LogP contribution in [0, 0.1) is 6.92 Å². The van der Waals surface area contributed by atoms with E-state index in [4.69, 9.17) is 9.97 Å². The van der Waals surface area contributed by atoms with Crippen molar-refractivity contribution in [1.82, 2.24) is 20.3 Å². The minimum atomic E-state index is -0.396. The van der Waals surface area contributed by atoms with Gasteiger partial charge in [-0.15, -0.1) is 0 Å². The number of rotatable bonds is 7. The fraction of sp³-hybridized carbons (Fsp3) is 0.296. The zero-order valence-electron chi connectivity index (χ0n) is 20.9. The highest BCUT2D eigenvalue weighted by Gasteiger charge is 2.26. The Balaban J connectivity index is 1.37. The minimum Gasteiger partial charge on any atom is -0.368 e. The number of aryl methyl sites for hydroxylation is 1. The molecule has 2 amide bonds. The van der Waals surface area contributed by atoms with Crippen molar-refractivity contribution in [2.24, 2.45) is 0 Å². The van der Waals surface area contributed by atoms with E-state index in [1.54, 1.807) is 12.3 Å². The summed E-state index contributed by atoms with van der Waals surface area (Å²) in [5.41, 5.74) is 4.07. The molecule has 2 fully saturated rings. The van der Waals surface area contributed by atoms with E-state index in [-0.39, 0.29) is 5.24 Å². The number of benzene rings is 1. The molecule has 5 rings (SSSR count). The van der Waals surface area contributed by atoms with Crippen molar-refractivity contribution >= 4 is 46.4 Å². The smallest absolute Gasteiger partial charge is 0.290 e. The van der Waals surface area contributed by atoms with Crippen molar-refractivity contribution in [2.75, 3.05) is 54.5 Å². The van der Waals surface area contributed by atoms with Crippen LogP contribution in [-0.4, -0.2) is 65.9 Å². The van der Waals surface area contributed by atoms with Crippen LogP contribution in [0.3, 0.4) is 0 Å². The monoisotopic (exact) mass is 515 g/mol. The molecule has 9 nitrogen and oxygen atoms in total. The number of pyridine rings is 1. The van der Waals surface area contributed by atoms with Gasteiger partial charge < -0.3 is 14.7 Å². The number of piperazine rings is 1. The van der Waals surface area contributed by atoms with Gasteiger partial charge in [0.15, 0.2) is 0 Å². The molecule has 0 radical (unpaired) electrons. The first-order valence-electron chi connectivity index (χ1n) is 12.3. The third-order valence-electron chi connectivity index (χ3n) is 6.42. The van der Waals surface area contributed by atoms with Crippen LogP contribution in [0.1, 0.15) is 17.0 Å². The molecular formula is C27H29N7O2S. The summed E-state index contributed by atoms with van der Waals surface area (Å²) in [6, 6.07) is 16.3. The number of imide groups is 1. The van der Waals surface area contributed by atoms with Gasteiger partial charge in [-0.2, -0.15) is 4.98 Å². The van der Waals surface area contributed by atoms with Gasteiger partial charge in [0, 0.05) is 69.8 Å². The molecule has 3 aromatic rings. The Labute approximate surface area is 220 Å². The second-order valence-electron chi connectivity index (χ2n) is 9.11. The van der Waals surface area contributed by atoms with Crippen LogP contribution in [0.4, 0.5) is 22.2 Å². The molecule has 10 heteroatoms. The van der Waals surface area contributed by atoms with Crippen molar-refractivity contribution in [2.45, 2.75) is 13.3 Å². The lowest BCUT2D eigenvalue weighted by molar-refractivity contribution is -0.115. The summed E-state index contributed by atoms with van der Waals surface area (Å²) in [4.78, 5) is 44.8. The van der Waals surface area contributed by atoms with E-state index in [9.17, 15) is 9.59 Å². The Morgan fingerprint density at radius 3 is 2.46 bits per heavy atom. The highest BCUT2D eigenvalue weighted by molar-refractivity contribution is 8.18. The lowest BCUT2D eigenvalue weighted by Gasteiger charge is -2.36. The van der Waals surface area contributed by atoms with Crippen LogP contribution < -0.4 is 20.0 Å². The first-order valence-corrected chi connectivity index (χ1v) is 13.1. The van der Waals surface area contributed by atoms with E-state index < -0.39 is 5.91 Å². The Hall–Kier alpha value is -3.92. The number of carbonyl (C=O) groups is 2. The molecule has 0 spiro atoms. The zero-order chi connectivity index (χ0) is 25.8. The van der Waals surface area contributed by atoms with Crippen molar-refractivity contribution in [3.05, 3.63) is 76.6 Å². The number of aromatic nitrogens is 3. The summed E-state index contributed by atoms with van der Waals surface area (Å²) in [6.07, 6.45) is 4.23. The van der Waals surface area contributed by atoms with Crippen LogP contribution in [0.25, 0.3) is 6.08 Å². The zero-order valence-corrected chi connectivity index (χ0v) is 21.7. The van der Waals surface area contributed by atoms with Gasteiger partial charge in [-0.3, -0.25) is 19.9 Å². The Bertz CT molecular complexity index is 1310. The van der Waals surface area contributed by atoms with Crippen molar-refractivity contribution < 1.29 is 9.59 Å². The highest BCUT2D eigenvalue weighted by Crippen LogP contribution is 2.27. The predicted molar refractivity (Wildman–Crippen MR) is 148 cm³/mol. The Morgan fingerprint density at radius 1 is 1.03 bits per heavy atom. The van der Waals surface area contributed by atoms with E-state index in [1.165, 1.54) is 11.3 Å². The van der Waals surface area contributed by atoms with Gasteiger partial charge in [0.1, 0.15) is 5.82 Å². The topological polar surface area (TPSA) is 94.6 Å². The molecule has 1 N–H and O–H groups in total. The maximum atomic E-state index is 12.1. The Kier molecular flexibility index (Phi) is 7.36. The molecule has 0 bridgehead atoms. The van der Waals surface area contributed by atoms with Gasteiger partial charge in [-0.05, 0) is 49.0 Å². The fourth-order valence-electron chi connectivity index (χ4n) is 4.27. The summed E-state index contributed by atoms with van der Waals surface area (Å²) in [5, 5.41) is 1.93. The van der Waals surface area contributed by atoms with Gasteiger partial charge in [0.25, 0.3) is 11.1 Å². The molecule has 4 heterocycles. The van der Waals surface area contributed by atoms with Crippen LogP contribution in [0.2, 0.25) is 0 Å². The predicted octanol–water partition coefficient (Wildman–Crippen LogP) is 3.51. The van der Waals surface area contributed by atoms with E-state index >= 15 is 0 Å². The third-order valence-corrected chi connectivity index (χ3v) is 7.23. The average Bonchev–Trinajstić information content (AvgIpc) is 3.24. The summed E-state index contributed by atoms with van der Waals surface area (Å²) in [6.45, 7) is 6.08.